The lowest BCUT2D eigenvalue weighted by Gasteiger charge is -2.40. The molecule has 0 aromatic heterocycles. The number of nitro benzene ring substituents is 1. The van der Waals surface area contributed by atoms with Crippen LogP contribution in [0, 0.1) is 15.9 Å². The molecular formula is C18H25FN4O5. The van der Waals surface area contributed by atoms with Crippen molar-refractivity contribution < 1.29 is 23.6 Å². The molecule has 2 aliphatic rings. The van der Waals surface area contributed by atoms with Gasteiger partial charge in [-0.15, -0.1) is 0 Å². The Balaban J connectivity index is 1.87. The normalized spacial score (nSPS) is 20.2. The number of halogens is 1. The average Bonchev–Trinajstić information content (AvgIpc) is 2.68. The average molecular weight is 396 g/mol. The van der Waals surface area contributed by atoms with E-state index in [1.54, 1.807) is 17.9 Å². The third-order valence-electron chi connectivity index (χ3n) is 5.06. The van der Waals surface area contributed by atoms with Crippen molar-refractivity contribution in [3.8, 4) is 0 Å². The van der Waals surface area contributed by atoms with Crippen LogP contribution in [0.15, 0.2) is 12.1 Å². The minimum atomic E-state index is -0.615. The number of anilines is 2. The lowest BCUT2D eigenvalue weighted by atomic mass is 10.1. The molecule has 9 nitrogen and oxygen atoms in total. The summed E-state index contributed by atoms with van der Waals surface area (Å²) in [5.74, 6) is -0.615. The lowest BCUT2D eigenvalue weighted by Crippen LogP contribution is -2.54. The SMILES string of the molecule is CCOC(=O)N1CCN(c2cc(N3CCOCC3)c(F)cc2[N+](=O)[O-])C[C@@H]1C. The predicted molar refractivity (Wildman–Crippen MR) is 101 cm³/mol. The van der Waals surface area contributed by atoms with Crippen LogP contribution in [0.5, 0.6) is 0 Å². The van der Waals surface area contributed by atoms with Gasteiger partial charge in [0.25, 0.3) is 5.69 Å². The maximum Gasteiger partial charge on any atom is 0.410 e. The van der Waals surface area contributed by atoms with Gasteiger partial charge in [-0.25, -0.2) is 9.18 Å². The van der Waals surface area contributed by atoms with Gasteiger partial charge in [0.15, 0.2) is 5.82 Å². The van der Waals surface area contributed by atoms with E-state index in [0.29, 0.717) is 57.3 Å². The number of nitrogens with zero attached hydrogens (tertiary/aromatic N) is 4. The molecule has 1 aromatic carbocycles. The van der Waals surface area contributed by atoms with E-state index >= 15 is 0 Å². The Morgan fingerprint density at radius 1 is 1.25 bits per heavy atom. The van der Waals surface area contributed by atoms with Crippen LogP contribution in [0.3, 0.4) is 0 Å². The molecule has 3 rings (SSSR count). The van der Waals surface area contributed by atoms with Crippen LogP contribution < -0.4 is 9.80 Å². The Bertz CT molecular complexity index is 741. The smallest absolute Gasteiger partial charge is 0.410 e. The first-order chi connectivity index (χ1) is 13.4. The molecule has 1 aromatic rings. The second kappa shape index (κ2) is 8.59. The molecule has 154 valence electrons. The zero-order valence-electron chi connectivity index (χ0n) is 16.1. The van der Waals surface area contributed by atoms with Crippen LogP contribution in [0.4, 0.5) is 26.2 Å². The van der Waals surface area contributed by atoms with Crippen molar-refractivity contribution in [3.05, 3.63) is 28.1 Å². The highest BCUT2D eigenvalue weighted by atomic mass is 19.1. The first-order valence-electron chi connectivity index (χ1n) is 9.41. The molecule has 10 heteroatoms. The minimum absolute atomic E-state index is 0.190. The number of amides is 1. The Morgan fingerprint density at radius 3 is 2.57 bits per heavy atom. The fourth-order valence-electron chi connectivity index (χ4n) is 3.64. The van der Waals surface area contributed by atoms with Gasteiger partial charge in [0.2, 0.25) is 0 Å². The van der Waals surface area contributed by atoms with Crippen molar-refractivity contribution >= 4 is 23.2 Å². The number of carbonyl (C=O) groups excluding carboxylic acids is 1. The van der Waals surface area contributed by atoms with Crippen LogP contribution in [-0.4, -0.2) is 74.5 Å². The molecule has 1 amide bonds. The number of hydrogen-bond acceptors (Lipinski definition) is 7. The monoisotopic (exact) mass is 396 g/mol. The van der Waals surface area contributed by atoms with Crippen molar-refractivity contribution in [2.24, 2.45) is 0 Å². The highest BCUT2D eigenvalue weighted by molar-refractivity contribution is 5.73. The maximum atomic E-state index is 14.6. The number of piperazine rings is 1. The topological polar surface area (TPSA) is 88.4 Å². The first kappa shape index (κ1) is 20.1. The van der Waals surface area contributed by atoms with Gasteiger partial charge in [0.1, 0.15) is 5.69 Å². The fraction of sp³-hybridized carbons (Fsp3) is 0.611. The molecule has 28 heavy (non-hydrogen) atoms. The van der Waals surface area contributed by atoms with Gasteiger partial charge in [-0.2, -0.15) is 0 Å². The van der Waals surface area contributed by atoms with Gasteiger partial charge < -0.3 is 24.2 Å². The standard InChI is InChI=1S/C18H25FN4O5/c1-3-28-18(24)22-5-4-21(12-13(22)2)16-11-15(20-6-8-27-9-7-20)14(19)10-17(16)23(25)26/h10-11,13H,3-9,12H2,1-2H3/t13-/m0/s1. The molecular weight excluding hydrogens is 371 g/mol. The van der Waals surface area contributed by atoms with E-state index in [1.165, 1.54) is 0 Å². The Morgan fingerprint density at radius 2 is 1.96 bits per heavy atom. The van der Waals surface area contributed by atoms with Gasteiger partial charge >= 0.3 is 6.09 Å². The number of ether oxygens (including phenoxy) is 2. The molecule has 2 saturated heterocycles. The fourth-order valence-corrected chi connectivity index (χ4v) is 3.64. The van der Waals surface area contributed by atoms with Crippen molar-refractivity contribution in [1.29, 1.82) is 0 Å². The van der Waals surface area contributed by atoms with Crippen molar-refractivity contribution in [3.63, 3.8) is 0 Å². The second-order valence-electron chi connectivity index (χ2n) is 6.84. The number of carbonyl (C=O) groups is 1. The van der Waals surface area contributed by atoms with Gasteiger partial charge in [0.05, 0.1) is 36.5 Å². The molecule has 0 unspecified atom stereocenters. The Labute approximate surface area is 162 Å². The van der Waals surface area contributed by atoms with E-state index in [0.717, 1.165) is 6.07 Å². The number of morpholine rings is 1. The van der Waals surface area contributed by atoms with E-state index in [2.05, 4.69) is 0 Å². The van der Waals surface area contributed by atoms with E-state index in [9.17, 15) is 19.3 Å². The molecule has 0 aliphatic carbocycles. The summed E-state index contributed by atoms with van der Waals surface area (Å²) in [6.07, 6.45) is -0.391. The van der Waals surface area contributed by atoms with E-state index in [4.69, 9.17) is 9.47 Å². The Hall–Kier alpha value is -2.62. The summed E-state index contributed by atoms with van der Waals surface area (Å²) in [5, 5.41) is 11.5. The van der Waals surface area contributed by atoms with Crippen LogP contribution in [0.1, 0.15) is 13.8 Å². The molecule has 0 N–H and O–H groups in total. The maximum absolute atomic E-state index is 14.6. The summed E-state index contributed by atoms with van der Waals surface area (Å²) in [4.78, 5) is 28.3. The van der Waals surface area contributed by atoms with Crippen molar-refractivity contribution in [1.82, 2.24) is 4.90 Å². The quantitative estimate of drug-likeness (QED) is 0.570. The number of nitro groups is 1. The van der Waals surface area contributed by atoms with E-state index < -0.39 is 16.8 Å². The highest BCUT2D eigenvalue weighted by Gasteiger charge is 2.32. The van der Waals surface area contributed by atoms with Gasteiger partial charge in [-0.3, -0.25) is 10.1 Å². The summed E-state index contributed by atoms with van der Waals surface area (Å²) in [6, 6.07) is 2.35. The molecule has 0 spiro atoms. The number of benzene rings is 1. The zero-order chi connectivity index (χ0) is 20.3. The van der Waals surface area contributed by atoms with Crippen LogP contribution in [-0.2, 0) is 9.47 Å². The molecule has 2 heterocycles. The summed E-state index contributed by atoms with van der Waals surface area (Å²) in [7, 11) is 0. The van der Waals surface area contributed by atoms with Gasteiger partial charge in [-0.05, 0) is 19.9 Å². The van der Waals surface area contributed by atoms with Crippen LogP contribution >= 0.6 is 0 Å². The second-order valence-corrected chi connectivity index (χ2v) is 6.84. The number of hydrogen-bond donors (Lipinski definition) is 0. The molecule has 0 radical (unpaired) electrons. The third-order valence-corrected chi connectivity index (χ3v) is 5.06. The lowest BCUT2D eigenvalue weighted by molar-refractivity contribution is -0.384. The van der Waals surface area contributed by atoms with Crippen molar-refractivity contribution in [2.75, 3.05) is 62.3 Å². The molecule has 1 atom stereocenters. The third kappa shape index (κ3) is 4.11. The van der Waals surface area contributed by atoms with Crippen LogP contribution in [0.25, 0.3) is 0 Å². The summed E-state index contributed by atoms with van der Waals surface area (Å²) >= 11 is 0. The number of rotatable bonds is 4. The summed E-state index contributed by atoms with van der Waals surface area (Å²) < 4.78 is 25.0. The van der Waals surface area contributed by atoms with Gasteiger partial charge in [0, 0.05) is 38.8 Å². The molecule has 2 fully saturated rings. The van der Waals surface area contributed by atoms with Crippen LogP contribution in [0.2, 0.25) is 0 Å². The highest BCUT2D eigenvalue weighted by Crippen LogP contribution is 2.36. The minimum Gasteiger partial charge on any atom is -0.450 e. The Kier molecular flexibility index (Phi) is 6.18. The van der Waals surface area contributed by atoms with Gasteiger partial charge in [-0.1, -0.05) is 0 Å². The molecule has 0 bridgehead atoms. The largest absolute Gasteiger partial charge is 0.450 e. The van der Waals surface area contributed by atoms with Crippen molar-refractivity contribution in [2.45, 2.75) is 19.9 Å². The first-order valence-corrected chi connectivity index (χ1v) is 9.41. The van der Waals surface area contributed by atoms with E-state index in [1.807, 2.05) is 16.7 Å². The zero-order valence-corrected chi connectivity index (χ0v) is 16.1. The van der Waals surface area contributed by atoms with E-state index in [-0.39, 0.29) is 18.3 Å². The molecule has 0 saturated carbocycles. The summed E-state index contributed by atoms with van der Waals surface area (Å²) in [5.41, 5.74) is 0.430. The predicted octanol–water partition coefficient (Wildman–Crippen LogP) is 2.24. The summed E-state index contributed by atoms with van der Waals surface area (Å²) in [6.45, 7) is 7.10. The molecule has 2 aliphatic heterocycles.